The summed E-state index contributed by atoms with van der Waals surface area (Å²) in [5.41, 5.74) is 5.02. The van der Waals surface area contributed by atoms with E-state index < -0.39 is 67.8 Å². The Balaban J connectivity index is 0.000000105. The van der Waals surface area contributed by atoms with Crippen molar-refractivity contribution in [3.63, 3.8) is 0 Å². The standard InChI is InChI=1S/C19H21NO3.C18H20NO5.C18H21NO4.C18H19NO4.CH4.H2O4S/c1-20-9-8-19-12-5-7-15(22-3)18(19)23-17-14(21-2)6-4-11(16(17)19)10-13(12)20;1-19(22)8-7-17-14-10-3-4-12(23-2)15(14)24-16(17)11(20)5-6-18(17,21)13(19)9-10;2*1-19-8-7-17-14-10-3-4-12(22-2)15(14)23-16(17)11(20)5-6-18(17,21)13(19)9-10;;1-5(2,3)4/h4-7,13,18H,8-10H2,1-3H3;3-6,13,16,21-22H,7-9H2,1-2H3;3-4,13,16,21H,5-9H2,1-2H3;3-6,13,16,21H,7-9H2,1-2H3;1H4;(H2,1,2,3,4)/q;+1;;;;. The van der Waals surface area contributed by atoms with E-state index in [4.69, 9.17) is 60.2 Å². The molecule has 20 rings (SSSR count). The van der Waals surface area contributed by atoms with Crippen molar-refractivity contribution in [1.82, 2.24) is 14.7 Å². The number of benzene rings is 4. The third-order valence-corrected chi connectivity index (χ3v) is 25.8. The first-order valence-corrected chi connectivity index (χ1v) is 35.0. The van der Waals surface area contributed by atoms with Crippen LogP contribution in [0, 0.1) is 0 Å². The molecule has 16 atom stereocenters. The zero-order chi connectivity index (χ0) is 69.1. The molecule has 1 saturated carbocycles. The number of carbonyl (C=O) groups excluding carboxylic acids is 3. The second kappa shape index (κ2) is 22.5. The minimum absolute atomic E-state index is 0. The van der Waals surface area contributed by atoms with Crippen molar-refractivity contribution in [3.05, 3.63) is 141 Å². The number of ether oxygens (including phenoxy) is 9. The second-order valence-electron chi connectivity index (χ2n) is 29.5. The summed E-state index contributed by atoms with van der Waals surface area (Å²) in [6.07, 6.45) is 15.5. The number of Topliss-reactive ketones (excluding diaryl/α,β-unsaturated/α-hetero) is 1. The Morgan fingerprint density at radius 2 is 0.970 bits per heavy atom. The van der Waals surface area contributed by atoms with Crippen LogP contribution in [0.5, 0.6) is 46.0 Å². The lowest BCUT2D eigenvalue weighted by molar-refractivity contribution is -1.11. The lowest BCUT2D eigenvalue weighted by Gasteiger charge is -2.62. The van der Waals surface area contributed by atoms with Gasteiger partial charge >= 0.3 is 10.4 Å². The van der Waals surface area contributed by atoms with Gasteiger partial charge in [-0.3, -0.25) is 33.3 Å². The summed E-state index contributed by atoms with van der Waals surface area (Å²) < 4.78 is 83.7. The molecular formula is C74H87N4O20S+. The predicted octanol–water partition coefficient (Wildman–Crippen LogP) is 5.01. The number of ketones is 3. The van der Waals surface area contributed by atoms with Crippen molar-refractivity contribution in [2.24, 2.45) is 0 Å². The Morgan fingerprint density at radius 1 is 0.525 bits per heavy atom. The average molecular weight is 1380 g/mol. The van der Waals surface area contributed by atoms with Crippen molar-refractivity contribution in [3.8, 4) is 46.0 Å². The zero-order valence-electron chi connectivity index (χ0n) is 56.2. The number of allylic oxidation sites excluding steroid dienone is 2. The van der Waals surface area contributed by atoms with Crippen molar-refractivity contribution >= 4 is 27.7 Å². The molecule has 16 aliphatic rings. The molecule has 528 valence electrons. The SMILES string of the molecule is C.COC1=CC=C2C3Cc4ccc(OC)c5c4C2(CCN3C)C1O5.COc1ccc2c3c1OC1C(=O)C=CC4(O)C(C2)N(C)CCC314.COc1ccc2c3c1OC1C(=O)C=CC4(O)C(C2)[N+](C)(O)CCC314.COc1ccc2c3c1OC1C(=O)CCC4(O)C(C2)N(C)CCC314.O=S(=O)(O)O. The lowest BCUT2D eigenvalue weighted by Crippen LogP contribution is -2.78. The minimum Gasteiger partial charge on any atom is -0.497 e. The van der Waals surface area contributed by atoms with E-state index in [1.54, 1.807) is 54.7 Å². The molecule has 0 radical (unpaired) electrons. The molecule has 16 unspecified atom stereocenters. The van der Waals surface area contributed by atoms with Crippen molar-refractivity contribution in [1.29, 1.82) is 0 Å². The number of piperidine rings is 4. The number of likely N-dealkylation sites (tertiary alicyclic amines) is 4. The van der Waals surface area contributed by atoms with Crippen LogP contribution in [0.1, 0.15) is 90.5 Å². The quantitative estimate of drug-likeness (QED) is 0.113. The van der Waals surface area contributed by atoms with Gasteiger partial charge in [0.25, 0.3) is 0 Å². The van der Waals surface area contributed by atoms with E-state index in [0.717, 1.165) is 96.8 Å². The Labute approximate surface area is 575 Å². The molecule has 4 spiro atoms. The van der Waals surface area contributed by atoms with E-state index >= 15 is 0 Å². The van der Waals surface area contributed by atoms with Crippen molar-refractivity contribution < 1.29 is 99.7 Å². The second-order valence-corrected chi connectivity index (χ2v) is 30.4. The summed E-state index contributed by atoms with van der Waals surface area (Å²) in [6, 6.07) is 16.0. The highest BCUT2D eigenvalue weighted by Gasteiger charge is 2.77. The molecule has 5 fully saturated rings. The number of nitrogens with zero attached hydrogens (tertiary/aromatic N) is 4. The normalized spacial score (nSPS) is 37.7. The first kappa shape index (κ1) is 67.4. The molecule has 8 aliphatic heterocycles. The van der Waals surface area contributed by atoms with Crippen LogP contribution in [0.15, 0.2) is 96.3 Å². The summed E-state index contributed by atoms with van der Waals surface area (Å²) in [5.74, 6) is 6.38. The van der Waals surface area contributed by atoms with Gasteiger partial charge in [-0.25, -0.2) is 5.21 Å². The van der Waals surface area contributed by atoms with Gasteiger partial charge in [0.2, 0.25) is 0 Å². The highest BCUT2D eigenvalue weighted by molar-refractivity contribution is 7.79. The van der Waals surface area contributed by atoms with Gasteiger partial charge in [0.1, 0.15) is 17.9 Å². The van der Waals surface area contributed by atoms with Crippen LogP contribution in [0.4, 0.5) is 0 Å². The first-order valence-electron chi connectivity index (χ1n) is 33.6. The van der Waals surface area contributed by atoms with Gasteiger partial charge in [-0.15, -0.1) is 0 Å². The molecule has 8 heterocycles. The number of carbonyl (C=O) groups is 3. The van der Waals surface area contributed by atoms with E-state index in [1.165, 1.54) is 34.4 Å². The Morgan fingerprint density at radius 3 is 1.52 bits per heavy atom. The van der Waals surface area contributed by atoms with Crippen LogP contribution in [-0.2, 0) is 76.9 Å². The number of hydroxylamine groups is 3. The minimum atomic E-state index is -4.67. The Kier molecular flexibility index (Phi) is 15.4. The third-order valence-electron chi connectivity index (χ3n) is 25.8. The molecule has 24 nitrogen and oxygen atoms in total. The number of rotatable bonds is 5. The molecule has 4 saturated heterocycles. The summed E-state index contributed by atoms with van der Waals surface area (Å²) >= 11 is 0. The topological polar surface area (TPSA) is 300 Å². The van der Waals surface area contributed by atoms with Crippen molar-refractivity contribution in [2.45, 2.75) is 159 Å². The number of methoxy groups -OCH3 is 5. The van der Waals surface area contributed by atoms with Gasteiger partial charge in [-0.1, -0.05) is 37.8 Å². The van der Waals surface area contributed by atoms with Crippen LogP contribution in [0.2, 0.25) is 0 Å². The molecule has 0 aromatic heterocycles. The van der Waals surface area contributed by atoms with E-state index in [2.05, 4.69) is 59.1 Å². The maximum atomic E-state index is 12.7. The molecule has 25 heteroatoms. The van der Waals surface area contributed by atoms with Crippen LogP contribution in [-0.4, -0.2) is 230 Å². The van der Waals surface area contributed by atoms with Gasteiger partial charge in [0.15, 0.2) is 99.4 Å². The average Bonchev–Trinajstić information content (AvgIpc) is 1.61. The fraction of sp³-hybridized carbons (Fsp3) is 0.527. The number of likely N-dealkylation sites (N-methyl/N-ethyl adjacent to an activating group) is 4. The largest absolute Gasteiger partial charge is 0.497 e. The monoisotopic (exact) mass is 1380 g/mol. The van der Waals surface area contributed by atoms with Gasteiger partial charge in [-0.2, -0.15) is 13.1 Å². The molecule has 0 amide bonds. The highest BCUT2D eigenvalue weighted by atomic mass is 32.3. The number of quaternary nitrogens is 1. The highest BCUT2D eigenvalue weighted by Crippen LogP contribution is 2.69. The zero-order valence-corrected chi connectivity index (χ0v) is 57.0. The van der Waals surface area contributed by atoms with Crippen LogP contribution in [0.3, 0.4) is 0 Å². The van der Waals surface area contributed by atoms with E-state index in [-0.39, 0.29) is 53.0 Å². The van der Waals surface area contributed by atoms with Crippen LogP contribution in [0.25, 0.3) is 0 Å². The molecule has 6 N–H and O–H groups in total. The van der Waals surface area contributed by atoms with Gasteiger partial charge in [0.05, 0.1) is 69.9 Å². The number of hydrogen-bond acceptors (Lipinski definition) is 21. The lowest BCUT2D eigenvalue weighted by atomic mass is 9.49. The molecule has 4 aromatic carbocycles. The fourth-order valence-corrected chi connectivity index (χ4v) is 21.5. The fourth-order valence-electron chi connectivity index (χ4n) is 21.5. The summed E-state index contributed by atoms with van der Waals surface area (Å²) in [6.45, 7) is 3.25. The van der Waals surface area contributed by atoms with Crippen LogP contribution < -0.4 is 37.9 Å². The summed E-state index contributed by atoms with van der Waals surface area (Å²) in [7, 11) is 11.7. The van der Waals surface area contributed by atoms with Crippen molar-refractivity contribution in [2.75, 3.05) is 89.9 Å². The van der Waals surface area contributed by atoms with Gasteiger partial charge in [0, 0.05) is 59.6 Å². The molecule has 4 aromatic rings. The van der Waals surface area contributed by atoms with Crippen LogP contribution >= 0.6 is 0 Å². The number of hydrogen-bond donors (Lipinski definition) is 6. The summed E-state index contributed by atoms with van der Waals surface area (Å²) in [4.78, 5) is 44.7. The number of aliphatic hydroxyl groups is 3. The first-order chi connectivity index (χ1) is 46.6. The summed E-state index contributed by atoms with van der Waals surface area (Å²) in [5, 5.41) is 46.0. The molecule has 8 aliphatic carbocycles. The Hall–Kier alpha value is -7.40. The Bertz CT molecular complexity index is 4380. The molecule has 8 bridgehead atoms. The predicted molar refractivity (Wildman–Crippen MR) is 357 cm³/mol. The van der Waals surface area contributed by atoms with E-state index in [1.807, 2.05) is 37.4 Å². The maximum Gasteiger partial charge on any atom is 0.394 e. The third kappa shape index (κ3) is 8.60. The van der Waals surface area contributed by atoms with Gasteiger partial charge in [-0.05, 0) is 168 Å². The smallest absolute Gasteiger partial charge is 0.394 e. The van der Waals surface area contributed by atoms with Gasteiger partial charge < -0.3 is 62.9 Å². The molecular weight excluding hydrogens is 1300 g/mol. The maximum absolute atomic E-state index is 12.7. The van der Waals surface area contributed by atoms with E-state index in [0.29, 0.717) is 79.2 Å². The van der Waals surface area contributed by atoms with E-state index in [9.17, 15) is 34.9 Å². The molecule has 99 heavy (non-hydrogen) atoms.